The molecule has 200 valence electrons. The highest BCUT2D eigenvalue weighted by molar-refractivity contribution is 5.72. The van der Waals surface area contributed by atoms with Crippen LogP contribution in [0.1, 0.15) is 26.7 Å². The highest BCUT2D eigenvalue weighted by atomic mass is 16.5. The highest BCUT2D eigenvalue weighted by Crippen LogP contribution is 2.03. The largest absolute Gasteiger partial charge is 0.468 e. The molecule has 0 rings (SSSR count). The third kappa shape index (κ3) is 15.9. The van der Waals surface area contributed by atoms with Gasteiger partial charge in [0.05, 0.1) is 47.1 Å². The second-order valence-corrected chi connectivity index (χ2v) is 8.35. The minimum atomic E-state index is -0.444. The fraction of sp³-hybridized carbons (Fsp3) is 0.870. The summed E-state index contributed by atoms with van der Waals surface area (Å²) in [5, 5.41) is 10.4. The normalized spacial score (nSPS) is 12.4. The molecule has 0 aliphatic carbocycles. The van der Waals surface area contributed by atoms with Gasteiger partial charge in [0.1, 0.15) is 0 Å². The predicted octanol–water partition coefficient (Wildman–Crippen LogP) is -0.476. The molecule has 0 aliphatic heterocycles. The number of hydrogen-bond acceptors (Lipinski definition) is 11. The molecule has 0 saturated carbocycles. The summed E-state index contributed by atoms with van der Waals surface area (Å²) in [6.45, 7) is 9.41. The summed E-state index contributed by atoms with van der Waals surface area (Å²) in [5.74, 6) is -0.920. The monoisotopic (exact) mass is 490 g/mol. The number of esters is 3. The van der Waals surface area contributed by atoms with E-state index in [9.17, 15) is 19.5 Å². The van der Waals surface area contributed by atoms with E-state index < -0.39 is 6.10 Å². The first-order valence-electron chi connectivity index (χ1n) is 11.9. The van der Waals surface area contributed by atoms with Crippen molar-refractivity contribution in [2.45, 2.75) is 32.8 Å². The van der Waals surface area contributed by atoms with Crippen molar-refractivity contribution in [2.75, 3.05) is 100 Å². The van der Waals surface area contributed by atoms with Gasteiger partial charge in [0.15, 0.2) is 0 Å². The first-order chi connectivity index (χ1) is 16.2. The molecule has 1 unspecified atom stereocenters. The standard InChI is InChI=1S/C23H46N4O7/c1-7-9-20(28)16-26(11-10-24(3)17-21(29)32-4)14-15-27(19-23(31)34-6)13-12-25(8-2)18-22(30)33-5/h20,28H,7-19H2,1-6H3. The van der Waals surface area contributed by atoms with Gasteiger partial charge in [-0.15, -0.1) is 0 Å². The molecule has 0 aromatic heterocycles. The molecule has 0 aromatic carbocycles. The number of hydrogen-bond donors (Lipinski definition) is 1. The van der Waals surface area contributed by atoms with Gasteiger partial charge in [-0.1, -0.05) is 20.3 Å². The highest BCUT2D eigenvalue weighted by Gasteiger charge is 2.18. The maximum atomic E-state index is 12.0. The van der Waals surface area contributed by atoms with E-state index in [0.29, 0.717) is 58.8 Å². The van der Waals surface area contributed by atoms with E-state index in [4.69, 9.17) is 14.2 Å². The van der Waals surface area contributed by atoms with E-state index in [2.05, 4.69) is 4.90 Å². The van der Waals surface area contributed by atoms with Gasteiger partial charge < -0.3 is 19.3 Å². The third-order valence-electron chi connectivity index (χ3n) is 5.59. The van der Waals surface area contributed by atoms with Gasteiger partial charge in [-0.25, -0.2) is 0 Å². The number of rotatable bonds is 20. The topological polar surface area (TPSA) is 112 Å². The van der Waals surface area contributed by atoms with Crippen molar-refractivity contribution in [1.82, 2.24) is 19.6 Å². The first-order valence-corrected chi connectivity index (χ1v) is 11.9. The van der Waals surface area contributed by atoms with E-state index in [0.717, 1.165) is 6.42 Å². The van der Waals surface area contributed by atoms with Gasteiger partial charge in [-0.05, 0) is 20.0 Å². The van der Waals surface area contributed by atoms with E-state index in [1.165, 1.54) is 21.3 Å². The van der Waals surface area contributed by atoms with Gasteiger partial charge in [0.25, 0.3) is 0 Å². The van der Waals surface area contributed by atoms with Crippen LogP contribution < -0.4 is 0 Å². The number of aliphatic hydroxyl groups is 1. The van der Waals surface area contributed by atoms with Crippen LogP contribution in [-0.4, -0.2) is 149 Å². The molecule has 1 atom stereocenters. The molecule has 0 heterocycles. The summed E-state index contributed by atoms with van der Waals surface area (Å²) in [5.41, 5.74) is 0. The Hall–Kier alpha value is -1.79. The van der Waals surface area contributed by atoms with Crippen molar-refractivity contribution in [2.24, 2.45) is 0 Å². The molecule has 0 bridgehead atoms. The molecule has 0 spiro atoms. The zero-order valence-corrected chi connectivity index (χ0v) is 22.0. The van der Waals surface area contributed by atoms with Crippen LogP contribution >= 0.6 is 0 Å². The second-order valence-electron chi connectivity index (χ2n) is 8.35. The zero-order chi connectivity index (χ0) is 25.9. The maximum absolute atomic E-state index is 12.0. The quantitative estimate of drug-likeness (QED) is 0.176. The van der Waals surface area contributed by atoms with Crippen molar-refractivity contribution in [3.8, 4) is 0 Å². The summed E-state index contributed by atoms with van der Waals surface area (Å²) >= 11 is 0. The van der Waals surface area contributed by atoms with Crippen molar-refractivity contribution >= 4 is 17.9 Å². The predicted molar refractivity (Wildman–Crippen MR) is 129 cm³/mol. The molecule has 11 heteroatoms. The van der Waals surface area contributed by atoms with Crippen molar-refractivity contribution in [3.05, 3.63) is 0 Å². The van der Waals surface area contributed by atoms with Crippen molar-refractivity contribution in [1.29, 1.82) is 0 Å². The fourth-order valence-corrected chi connectivity index (χ4v) is 3.37. The van der Waals surface area contributed by atoms with Gasteiger partial charge in [-0.2, -0.15) is 0 Å². The van der Waals surface area contributed by atoms with E-state index in [1.54, 1.807) is 0 Å². The molecular weight excluding hydrogens is 444 g/mol. The Morgan fingerprint density at radius 1 is 0.706 bits per heavy atom. The summed E-state index contributed by atoms with van der Waals surface area (Å²) in [6, 6.07) is 0. The number of ether oxygens (including phenoxy) is 3. The summed E-state index contributed by atoms with van der Waals surface area (Å²) < 4.78 is 14.3. The van der Waals surface area contributed by atoms with Crippen LogP contribution in [0.15, 0.2) is 0 Å². The Morgan fingerprint density at radius 3 is 1.65 bits per heavy atom. The number of methoxy groups -OCH3 is 3. The number of carbonyl (C=O) groups is 3. The average molecular weight is 491 g/mol. The van der Waals surface area contributed by atoms with E-state index in [1.807, 2.05) is 35.6 Å². The first kappa shape index (κ1) is 32.2. The summed E-state index contributed by atoms with van der Waals surface area (Å²) in [7, 11) is 5.94. The van der Waals surface area contributed by atoms with Gasteiger partial charge >= 0.3 is 17.9 Å². The second kappa shape index (κ2) is 19.5. The average Bonchev–Trinajstić information content (AvgIpc) is 2.82. The SMILES string of the molecule is CCCC(O)CN(CCN(C)CC(=O)OC)CCN(CCN(CC)CC(=O)OC)CC(=O)OC. The molecule has 0 saturated heterocycles. The van der Waals surface area contributed by atoms with Crippen LogP contribution in [0.4, 0.5) is 0 Å². The number of carbonyl (C=O) groups excluding carboxylic acids is 3. The Kier molecular flexibility index (Phi) is 18.5. The molecule has 0 amide bonds. The van der Waals surface area contributed by atoms with Crippen LogP contribution in [-0.2, 0) is 28.6 Å². The van der Waals surface area contributed by atoms with Crippen LogP contribution in [0.3, 0.4) is 0 Å². The van der Waals surface area contributed by atoms with Crippen molar-refractivity contribution in [3.63, 3.8) is 0 Å². The number of aliphatic hydroxyl groups excluding tert-OH is 1. The minimum Gasteiger partial charge on any atom is -0.468 e. The Bertz CT molecular complexity index is 580. The van der Waals surface area contributed by atoms with Crippen molar-refractivity contribution < 1.29 is 33.7 Å². The minimum absolute atomic E-state index is 0.139. The summed E-state index contributed by atoms with van der Waals surface area (Å²) in [4.78, 5) is 43.1. The lowest BCUT2D eigenvalue weighted by Crippen LogP contribution is -2.46. The zero-order valence-electron chi connectivity index (χ0n) is 22.0. The van der Waals surface area contributed by atoms with Gasteiger partial charge in [0.2, 0.25) is 0 Å². The third-order valence-corrected chi connectivity index (χ3v) is 5.59. The summed E-state index contributed by atoms with van der Waals surface area (Å²) in [6.07, 6.45) is 1.15. The number of nitrogens with zero attached hydrogens (tertiary/aromatic N) is 4. The molecule has 11 nitrogen and oxygen atoms in total. The smallest absolute Gasteiger partial charge is 0.319 e. The molecule has 1 N–H and O–H groups in total. The molecule has 0 radical (unpaired) electrons. The lowest BCUT2D eigenvalue weighted by atomic mass is 10.2. The lowest BCUT2D eigenvalue weighted by Gasteiger charge is -2.31. The molecular formula is C23H46N4O7. The number of likely N-dealkylation sites (N-methyl/N-ethyl adjacent to an activating group) is 2. The van der Waals surface area contributed by atoms with Crippen LogP contribution in [0.2, 0.25) is 0 Å². The molecule has 34 heavy (non-hydrogen) atoms. The van der Waals surface area contributed by atoms with E-state index >= 15 is 0 Å². The Labute approximate surface area is 204 Å². The fourth-order valence-electron chi connectivity index (χ4n) is 3.37. The Balaban J connectivity index is 5.06. The lowest BCUT2D eigenvalue weighted by molar-refractivity contribution is -0.143. The molecule has 0 aliphatic rings. The van der Waals surface area contributed by atoms with Gasteiger partial charge in [0, 0.05) is 45.8 Å². The molecule has 0 fully saturated rings. The van der Waals surface area contributed by atoms with Crippen LogP contribution in [0, 0.1) is 0 Å². The maximum Gasteiger partial charge on any atom is 0.319 e. The Morgan fingerprint density at radius 2 is 1.15 bits per heavy atom. The van der Waals surface area contributed by atoms with Crippen LogP contribution in [0.25, 0.3) is 0 Å². The molecule has 0 aromatic rings. The van der Waals surface area contributed by atoms with E-state index in [-0.39, 0.29) is 37.5 Å². The van der Waals surface area contributed by atoms with Gasteiger partial charge in [-0.3, -0.25) is 34.0 Å². The van der Waals surface area contributed by atoms with Crippen LogP contribution in [0.5, 0.6) is 0 Å².